The lowest BCUT2D eigenvalue weighted by molar-refractivity contribution is -0.168. The lowest BCUT2D eigenvalue weighted by atomic mass is 9.82. The smallest absolute Gasteiger partial charge is 0.328 e. The third kappa shape index (κ3) is 12.6. The van der Waals surface area contributed by atoms with E-state index < -0.39 is 17.4 Å². The van der Waals surface area contributed by atoms with Gasteiger partial charge in [-0.25, -0.2) is 0 Å². The van der Waals surface area contributed by atoms with E-state index in [1.54, 1.807) is 24.3 Å². The molecule has 0 radical (unpaired) electrons. The normalized spacial score (nSPS) is 11.4. The van der Waals surface area contributed by atoms with E-state index >= 15 is 0 Å². The van der Waals surface area contributed by atoms with Crippen molar-refractivity contribution in [2.75, 3.05) is 6.61 Å². The van der Waals surface area contributed by atoms with Gasteiger partial charge in [0, 0.05) is 0 Å². The molecule has 36 heavy (non-hydrogen) atoms. The number of hydrogen-bond acceptors (Lipinski definition) is 4. The Morgan fingerprint density at radius 3 is 1.56 bits per heavy atom. The summed E-state index contributed by atoms with van der Waals surface area (Å²) in [5.74, 6) is -0.830. The molecule has 0 atom stereocenters. The van der Waals surface area contributed by atoms with Crippen LogP contribution in [0.2, 0.25) is 5.02 Å². The SMILES string of the molecule is CCCCCCCCCCCCCCCCCCOC(=O)C(CC)(CC)C(=O)Oc1ccccc1Cl. The van der Waals surface area contributed by atoms with Gasteiger partial charge in [-0.1, -0.05) is 141 Å². The zero-order valence-corrected chi connectivity index (χ0v) is 24.0. The molecule has 0 amide bonds. The van der Waals surface area contributed by atoms with Crippen LogP contribution in [0.15, 0.2) is 24.3 Å². The van der Waals surface area contributed by atoms with Crippen molar-refractivity contribution in [2.24, 2.45) is 5.41 Å². The Bertz CT molecular complexity index is 714. The maximum atomic E-state index is 12.9. The van der Waals surface area contributed by atoms with E-state index in [0.717, 1.165) is 19.3 Å². The molecule has 1 aromatic rings. The van der Waals surface area contributed by atoms with Crippen molar-refractivity contribution in [2.45, 2.75) is 136 Å². The van der Waals surface area contributed by atoms with Crippen molar-refractivity contribution < 1.29 is 19.1 Å². The van der Waals surface area contributed by atoms with E-state index in [4.69, 9.17) is 21.1 Å². The predicted molar refractivity (Wildman–Crippen MR) is 151 cm³/mol. The molecule has 1 rings (SSSR count). The standard InChI is InChI=1S/C31H51ClO4/c1-4-7-8-9-10-11-12-13-14-15-16-17-18-19-20-23-26-35-29(33)31(5-2,6-3)30(34)36-28-25-22-21-24-27(28)32/h21-22,24-25H,4-20,23,26H2,1-3H3. The van der Waals surface area contributed by atoms with Gasteiger partial charge in [0.25, 0.3) is 0 Å². The second-order valence-corrected chi connectivity index (χ2v) is 10.5. The number of hydrogen-bond donors (Lipinski definition) is 0. The van der Waals surface area contributed by atoms with Gasteiger partial charge in [-0.15, -0.1) is 0 Å². The average Bonchev–Trinajstić information content (AvgIpc) is 2.88. The molecule has 0 aliphatic carbocycles. The van der Waals surface area contributed by atoms with Crippen LogP contribution in [0.1, 0.15) is 136 Å². The first-order chi connectivity index (χ1) is 17.5. The lowest BCUT2D eigenvalue weighted by Crippen LogP contribution is -2.42. The number of benzene rings is 1. The number of para-hydroxylation sites is 1. The molecule has 0 unspecified atom stereocenters. The highest BCUT2D eigenvalue weighted by Gasteiger charge is 2.46. The van der Waals surface area contributed by atoms with Crippen molar-refractivity contribution in [1.82, 2.24) is 0 Å². The van der Waals surface area contributed by atoms with Crippen molar-refractivity contribution in [3.63, 3.8) is 0 Å². The fourth-order valence-corrected chi connectivity index (χ4v) is 4.76. The molecule has 0 fully saturated rings. The number of rotatable bonds is 22. The number of halogens is 1. The van der Waals surface area contributed by atoms with Crippen LogP contribution in [0.3, 0.4) is 0 Å². The summed E-state index contributed by atoms with van der Waals surface area (Å²) in [5.41, 5.74) is -1.30. The highest BCUT2D eigenvalue weighted by atomic mass is 35.5. The molecule has 206 valence electrons. The summed E-state index contributed by atoms with van der Waals surface area (Å²) >= 11 is 6.11. The van der Waals surface area contributed by atoms with Gasteiger partial charge in [0.1, 0.15) is 5.75 Å². The molecule has 4 nitrogen and oxygen atoms in total. The van der Waals surface area contributed by atoms with Gasteiger partial charge in [-0.05, 0) is 31.4 Å². The van der Waals surface area contributed by atoms with Crippen LogP contribution in [-0.4, -0.2) is 18.5 Å². The van der Waals surface area contributed by atoms with Crippen LogP contribution in [-0.2, 0) is 14.3 Å². The number of carbonyl (C=O) groups is 2. The van der Waals surface area contributed by atoms with Crippen LogP contribution in [0.4, 0.5) is 0 Å². The molecule has 1 aromatic carbocycles. The van der Waals surface area contributed by atoms with Crippen molar-refractivity contribution >= 4 is 23.5 Å². The van der Waals surface area contributed by atoms with Gasteiger partial charge >= 0.3 is 11.9 Å². The number of esters is 2. The van der Waals surface area contributed by atoms with Gasteiger partial charge in [-0.3, -0.25) is 9.59 Å². The van der Waals surface area contributed by atoms with Gasteiger partial charge in [-0.2, -0.15) is 0 Å². The number of unbranched alkanes of at least 4 members (excludes halogenated alkanes) is 15. The van der Waals surface area contributed by atoms with Gasteiger partial charge in [0.2, 0.25) is 0 Å². The van der Waals surface area contributed by atoms with E-state index in [0.29, 0.717) is 24.5 Å². The first-order valence-electron chi connectivity index (χ1n) is 14.7. The number of carbonyl (C=O) groups excluding carboxylic acids is 2. The van der Waals surface area contributed by atoms with Crippen LogP contribution in [0.5, 0.6) is 5.75 Å². The fourth-order valence-electron chi connectivity index (χ4n) is 4.59. The van der Waals surface area contributed by atoms with Crippen LogP contribution in [0.25, 0.3) is 0 Å². The lowest BCUT2D eigenvalue weighted by Gasteiger charge is -2.27. The second kappa shape index (κ2) is 20.5. The van der Waals surface area contributed by atoms with Crippen LogP contribution < -0.4 is 4.74 Å². The Morgan fingerprint density at radius 2 is 1.11 bits per heavy atom. The molecule has 0 N–H and O–H groups in total. The predicted octanol–water partition coefficient (Wildman–Crippen LogP) is 9.86. The molecule has 5 heteroatoms. The Kier molecular flexibility index (Phi) is 18.5. The Labute approximate surface area is 225 Å². The molecule has 0 aliphatic rings. The van der Waals surface area contributed by atoms with Crippen molar-refractivity contribution in [3.8, 4) is 5.75 Å². The Hall–Kier alpha value is -1.55. The monoisotopic (exact) mass is 522 g/mol. The maximum Gasteiger partial charge on any atom is 0.328 e. The van der Waals surface area contributed by atoms with E-state index in [-0.39, 0.29) is 5.75 Å². The summed E-state index contributed by atoms with van der Waals surface area (Å²) in [6.45, 7) is 6.24. The largest absolute Gasteiger partial charge is 0.465 e. The first kappa shape index (κ1) is 32.5. The minimum absolute atomic E-state index is 0.265. The quantitative estimate of drug-likeness (QED) is 0.0657. The molecule has 0 bridgehead atoms. The minimum atomic E-state index is -1.30. The maximum absolute atomic E-state index is 12.9. The van der Waals surface area contributed by atoms with E-state index in [9.17, 15) is 9.59 Å². The van der Waals surface area contributed by atoms with Crippen LogP contribution >= 0.6 is 11.6 Å². The first-order valence-corrected chi connectivity index (χ1v) is 15.0. The Morgan fingerprint density at radius 1 is 0.667 bits per heavy atom. The Balaban J connectivity index is 2.12. The molecular weight excluding hydrogens is 472 g/mol. The van der Waals surface area contributed by atoms with E-state index in [1.165, 1.54) is 83.5 Å². The average molecular weight is 523 g/mol. The van der Waals surface area contributed by atoms with Crippen LogP contribution in [0, 0.1) is 5.41 Å². The number of ether oxygens (including phenoxy) is 2. The highest BCUT2D eigenvalue weighted by molar-refractivity contribution is 6.32. The third-order valence-electron chi connectivity index (χ3n) is 7.26. The molecular formula is C31H51ClO4. The summed E-state index contributed by atoms with van der Waals surface area (Å²) in [7, 11) is 0. The summed E-state index contributed by atoms with van der Waals surface area (Å²) in [5, 5.41) is 0.341. The highest BCUT2D eigenvalue weighted by Crippen LogP contribution is 2.33. The van der Waals surface area contributed by atoms with Crippen molar-refractivity contribution in [1.29, 1.82) is 0 Å². The fraction of sp³-hybridized carbons (Fsp3) is 0.742. The zero-order valence-electron chi connectivity index (χ0n) is 23.3. The second-order valence-electron chi connectivity index (χ2n) is 10.0. The summed E-state index contributed by atoms with van der Waals surface area (Å²) in [6, 6.07) is 6.78. The van der Waals surface area contributed by atoms with Crippen molar-refractivity contribution in [3.05, 3.63) is 29.3 Å². The topological polar surface area (TPSA) is 52.6 Å². The van der Waals surface area contributed by atoms with Gasteiger partial charge in [0.05, 0.1) is 11.6 Å². The van der Waals surface area contributed by atoms with Gasteiger partial charge < -0.3 is 9.47 Å². The molecule has 0 aliphatic heterocycles. The van der Waals surface area contributed by atoms with E-state index in [1.807, 2.05) is 13.8 Å². The van der Waals surface area contributed by atoms with Gasteiger partial charge in [0.15, 0.2) is 5.41 Å². The molecule has 0 saturated heterocycles. The zero-order chi connectivity index (χ0) is 26.5. The summed E-state index contributed by atoms with van der Waals surface area (Å²) in [6.07, 6.45) is 21.4. The van der Waals surface area contributed by atoms with E-state index in [2.05, 4.69) is 6.92 Å². The molecule has 0 spiro atoms. The summed E-state index contributed by atoms with van der Waals surface area (Å²) in [4.78, 5) is 25.7. The summed E-state index contributed by atoms with van der Waals surface area (Å²) < 4.78 is 11.0. The minimum Gasteiger partial charge on any atom is -0.465 e. The third-order valence-corrected chi connectivity index (χ3v) is 7.57. The molecule has 0 saturated carbocycles. The molecule has 0 heterocycles. The molecule has 0 aromatic heterocycles.